The lowest BCUT2D eigenvalue weighted by Crippen LogP contribution is -2.23. The first-order valence-corrected chi connectivity index (χ1v) is 5.54. The van der Waals surface area contributed by atoms with Crippen LogP contribution in [0.5, 0.6) is 0 Å². The first kappa shape index (κ1) is 13.6. The molecule has 0 aliphatic heterocycles. The third-order valence-electron chi connectivity index (χ3n) is 2.35. The van der Waals surface area contributed by atoms with Crippen molar-refractivity contribution in [1.29, 1.82) is 0 Å². The van der Waals surface area contributed by atoms with Crippen molar-refractivity contribution < 1.29 is 13.6 Å². The van der Waals surface area contributed by atoms with E-state index in [1.165, 1.54) is 12.1 Å². The smallest absolute Gasteiger partial charge is 0.220 e. The Labute approximate surface area is 99.0 Å². The number of hydrogen-bond acceptors (Lipinski definition) is 2. The van der Waals surface area contributed by atoms with Gasteiger partial charge in [-0.2, -0.15) is 0 Å². The first-order chi connectivity index (χ1) is 8.13. The zero-order valence-electron chi connectivity index (χ0n) is 9.51. The standard InChI is InChI=1S/C12H16F2N2O/c13-10-5-4-9(11(14)7-10)8-16-12(17)3-1-2-6-15/h4-5,7H,1-3,6,8,15H2,(H,16,17). The molecular formula is C12H16F2N2O. The fourth-order valence-electron chi connectivity index (χ4n) is 1.38. The van der Waals surface area contributed by atoms with Crippen LogP contribution >= 0.6 is 0 Å². The maximum Gasteiger partial charge on any atom is 0.220 e. The molecule has 0 spiro atoms. The summed E-state index contributed by atoms with van der Waals surface area (Å²) in [5.41, 5.74) is 5.57. The van der Waals surface area contributed by atoms with E-state index in [1.54, 1.807) is 0 Å². The third-order valence-corrected chi connectivity index (χ3v) is 2.35. The fraction of sp³-hybridized carbons (Fsp3) is 0.417. The summed E-state index contributed by atoms with van der Waals surface area (Å²) < 4.78 is 25.8. The highest BCUT2D eigenvalue weighted by Crippen LogP contribution is 2.09. The van der Waals surface area contributed by atoms with Gasteiger partial charge in [0.15, 0.2) is 0 Å². The maximum absolute atomic E-state index is 13.2. The highest BCUT2D eigenvalue weighted by Gasteiger charge is 2.05. The molecule has 0 heterocycles. The molecule has 0 aromatic heterocycles. The van der Waals surface area contributed by atoms with Crippen LogP contribution in [0.4, 0.5) is 8.78 Å². The van der Waals surface area contributed by atoms with Crippen LogP contribution in [-0.2, 0) is 11.3 Å². The molecule has 0 atom stereocenters. The molecule has 0 fully saturated rings. The van der Waals surface area contributed by atoms with Gasteiger partial charge in [0.2, 0.25) is 5.91 Å². The minimum absolute atomic E-state index is 0.0770. The zero-order valence-corrected chi connectivity index (χ0v) is 9.51. The molecule has 5 heteroatoms. The van der Waals surface area contributed by atoms with E-state index in [-0.39, 0.29) is 18.0 Å². The first-order valence-electron chi connectivity index (χ1n) is 5.54. The third kappa shape index (κ3) is 4.91. The van der Waals surface area contributed by atoms with E-state index in [4.69, 9.17) is 5.73 Å². The van der Waals surface area contributed by atoms with Crippen molar-refractivity contribution in [3.8, 4) is 0 Å². The lowest BCUT2D eigenvalue weighted by Gasteiger charge is -2.06. The highest BCUT2D eigenvalue weighted by molar-refractivity contribution is 5.75. The number of carbonyl (C=O) groups excluding carboxylic acids is 1. The second-order valence-electron chi connectivity index (χ2n) is 3.76. The Hall–Kier alpha value is -1.49. The lowest BCUT2D eigenvalue weighted by molar-refractivity contribution is -0.121. The molecule has 94 valence electrons. The zero-order chi connectivity index (χ0) is 12.7. The van der Waals surface area contributed by atoms with Crippen molar-refractivity contribution in [2.24, 2.45) is 5.73 Å². The predicted molar refractivity (Wildman–Crippen MR) is 61.1 cm³/mol. The molecule has 0 aliphatic carbocycles. The second-order valence-corrected chi connectivity index (χ2v) is 3.76. The topological polar surface area (TPSA) is 55.1 Å². The average Bonchev–Trinajstić information content (AvgIpc) is 2.28. The van der Waals surface area contributed by atoms with Gasteiger partial charge in [0.25, 0.3) is 0 Å². The summed E-state index contributed by atoms with van der Waals surface area (Å²) in [4.78, 5) is 11.3. The molecule has 3 nitrogen and oxygen atoms in total. The van der Waals surface area contributed by atoms with Crippen molar-refractivity contribution in [2.45, 2.75) is 25.8 Å². The van der Waals surface area contributed by atoms with Crippen molar-refractivity contribution in [3.05, 3.63) is 35.4 Å². The molecule has 17 heavy (non-hydrogen) atoms. The summed E-state index contributed by atoms with van der Waals surface area (Å²) >= 11 is 0. The van der Waals surface area contributed by atoms with Gasteiger partial charge in [-0.05, 0) is 25.5 Å². The van der Waals surface area contributed by atoms with Crippen LogP contribution in [0.1, 0.15) is 24.8 Å². The van der Waals surface area contributed by atoms with Gasteiger partial charge in [-0.1, -0.05) is 6.07 Å². The molecule has 1 aromatic rings. The van der Waals surface area contributed by atoms with Gasteiger partial charge in [-0.15, -0.1) is 0 Å². The number of hydrogen-bond donors (Lipinski definition) is 2. The monoisotopic (exact) mass is 242 g/mol. The van der Waals surface area contributed by atoms with E-state index in [9.17, 15) is 13.6 Å². The molecule has 1 amide bonds. The maximum atomic E-state index is 13.2. The van der Waals surface area contributed by atoms with Gasteiger partial charge in [-0.25, -0.2) is 8.78 Å². The Balaban J connectivity index is 2.37. The Kier molecular flexibility index (Phi) is 5.56. The van der Waals surface area contributed by atoms with Gasteiger partial charge >= 0.3 is 0 Å². The van der Waals surface area contributed by atoms with E-state index in [1.807, 2.05) is 0 Å². The summed E-state index contributed by atoms with van der Waals surface area (Å²) in [6.45, 7) is 0.632. The van der Waals surface area contributed by atoms with Crippen LogP contribution in [-0.4, -0.2) is 12.5 Å². The predicted octanol–water partition coefficient (Wildman–Crippen LogP) is 1.71. The summed E-state index contributed by atoms with van der Waals surface area (Å²) in [7, 11) is 0. The largest absolute Gasteiger partial charge is 0.352 e. The van der Waals surface area contributed by atoms with Crippen LogP contribution < -0.4 is 11.1 Å². The summed E-state index contributed by atoms with van der Waals surface area (Å²) in [5, 5.41) is 2.58. The minimum Gasteiger partial charge on any atom is -0.352 e. The Morgan fingerprint density at radius 1 is 1.29 bits per heavy atom. The van der Waals surface area contributed by atoms with Crippen molar-refractivity contribution in [1.82, 2.24) is 5.32 Å². The fourth-order valence-corrected chi connectivity index (χ4v) is 1.38. The van der Waals surface area contributed by atoms with Crippen LogP contribution in [0.2, 0.25) is 0 Å². The summed E-state index contributed by atoms with van der Waals surface area (Å²) in [5.74, 6) is -1.42. The van der Waals surface area contributed by atoms with Crippen LogP contribution in [0.25, 0.3) is 0 Å². The van der Waals surface area contributed by atoms with E-state index in [2.05, 4.69) is 5.32 Å². The average molecular weight is 242 g/mol. The second kappa shape index (κ2) is 6.96. The number of nitrogens with two attached hydrogens (primary N) is 1. The molecule has 1 aromatic carbocycles. The molecule has 0 aliphatic rings. The van der Waals surface area contributed by atoms with Crippen molar-refractivity contribution >= 4 is 5.91 Å². The highest BCUT2D eigenvalue weighted by atomic mass is 19.1. The van der Waals surface area contributed by atoms with Gasteiger partial charge < -0.3 is 11.1 Å². The van der Waals surface area contributed by atoms with Gasteiger partial charge in [0.05, 0.1) is 0 Å². The number of halogens is 2. The number of amides is 1. The molecule has 0 radical (unpaired) electrons. The van der Waals surface area contributed by atoms with E-state index in [0.29, 0.717) is 19.4 Å². The van der Waals surface area contributed by atoms with Gasteiger partial charge in [0.1, 0.15) is 11.6 Å². The summed E-state index contributed by atoms with van der Waals surface area (Å²) in [6, 6.07) is 3.29. The van der Waals surface area contributed by atoms with Gasteiger partial charge in [-0.3, -0.25) is 4.79 Å². The molecule has 0 saturated carbocycles. The molecule has 3 N–H and O–H groups in total. The van der Waals surface area contributed by atoms with Crippen molar-refractivity contribution in [2.75, 3.05) is 6.54 Å². The molecule has 1 rings (SSSR count). The quantitative estimate of drug-likeness (QED) is 0.746. The molecule has 0 unspecified atom stereocenters. The number of benzene rings is 1. The van der Waals surface area contributed by atoms with Crippen LogP contribution in [0, 0.1) is 11.6 Å². The van der Waals surface area contributed by atoms with E-state index < -0.39 is 11.6 Å². The Morgan fingerprint density at radius 2 is 2.06 bits per heavy atom. The van der Waals surface area contributed by atoms with Crippen LogP contribution in [0.15, 0.2) is 18.2 Å². The number of rotatable bonds is 6. The van der Waals surface area contributed by atoms with E-state index >= 15 is 0 Å². The SMILES string of the molecule is NCCCCC(=O)NCc1ccc(F)cc1F. The van der Waals surface area contributed by atoms with Crippen molar-refractivity contribution in [3.63, 3.8) is 0 Å². The van der Waals surface area contributed by atoms with Gasteiger partial charge in [0, 0.05) is 24.6 Å². The molecular weight excluding hydrogens is 226 g/mol. The van der Waals surface area contributed by atoms with Crippen LogP contribution in [0.3, 0.4) is 0 Å². The number of carbonyl (C=O) groups is 1. The molecule has 0 bridgehead atoms. The Bertz CT molecular complexity index is 383. The van der Waals surface area contributed by atoms with E-state index in [0.717, 1.165) is 12.5 Å². The Morgan fingerprint density at radius 3 is 2.71 bits per heavy atom. The number of unbranched alkanes of at least 4 members (excludes halogenated alkanes) is 1. The molecule has 0 saturated heterocycles. The number of nitrogens with one attached hydrogen (secondary N) is 1. The minimum atomic E-state index is -0.646. The summed E-state index contributed by atoms with van der Waals surface area (Å²) in [6.07, 6.45) is 1.88. The lowest BCUT2D eigenvalue weighted by atomic mass is 10.2. The normalized spacial score (nSPS) is 10.3.